The Balaban J connectivity index is 2.13. The van der Waals surface area contributed by atoms with Crippen molar-refractivity contribution in [3.05, 3.63) is 53.6 Å². The van der Waals surface area contributed by atoms with Crippen LogP contribution in [0.4, 0.5) is 11.4 Å². The van der Waals surface area contributed by atoms with E-state index in [0.717, 1.165) is 12.2 Å². The lowest BCUT2D eigenvalue weighted by Crippen LogP contribution is -2.30. The summed E-state index contributed by atoms with van der Waals surface area (Å²) in [5.74, 6) is 0.409. The van der Waals surface area contributed by atoms with Crippen molar-refractivity contribution in [1.82, 2.24) is 0 Å². The number of carbonyl (C=O) groups excluding carboxylic acids is 1. The van der Waals surface area contributed by atoms with Gasteiger partial charge in [-0.3, -0.25) is 4.79 Å². The van der Waals surface area contributed by atoms with Crippen molar-refractivity contribution in [2.24, 2.45) is 0 Å². The van der Waals surface area contributed by atoms with E-state index in [-0.39, 0.29) is 12.5 Å². The molecule has 0 radical (unpaired) electrons. The number of nitrogens with one attached hydrogen (secondary N) is 1. The SMILES string of the molecule is CCN(c1ccc(C(=O)Nc2ccc(OC)c(CO)c2)cc1)C(C)C. The predicted octanol–water partition coefficient (Wildman–Crippen LogP) is 3.67. The average Bonchev–Trinajstić information content (AvgIpc) is 2.62. The molecule has 0 fully saturated rings. The Morgan fingerprint density at radius 1 is 1.20 bits per heavy atom. The number of benzene rings is 2. The van der Waals surface area contributed by atoms with Gasteiger partial charge in [-0.25, -0.2) is 0 Å². The number of nitrogens with zero attached hydrogens (tertiary/aromatic N) is 1. The zero-order valence-electron chi connectivity index (χ0n) is 15.2. The Morgan fingerprint density at radius 2 is 1.88 bits per heavy atom. The van der Waals surface area contributed by atoms with E-state index in [0.29, 0.717) is 28.6 Å². The van der Waals surface area contributed by atoms with Crippen LogP contribution in [0.5, 0.6) is 5.75 Å². The van der Waals surface area contributed by atoms with Crippen LogP contribution in [0, 0.1) is 0 Å². The first-order valence-electron chi connectivity index (χ1n) is 8.46. The molecule has 0 aliphatic carbocycles. The summed E-state index contributed by atoms with van der Waals surface area (Å²) in [5.41, 5.74) is 2.94. The Kier molecular flexibility index (Phi) is 6.42. The minimum absolute atomic E-state index is 0.149. The highest BCUT2D eigenvalue weighted by Gasteiger charge is 2.11. The molecule has 0 aromatic heterocycles. The molecule has 0 saturated carbocycles. The summed E-state index contributed by atoms with van der Waals surface area (Å²) >= 11 is 0. The number of amides is 1. The number of ether oxygens (including phenoxy) is 1. The van der Waals surface area contributed by atoms with Gasteiger partial charge >= 0.3 is 0 Å². The van der Waals surface area contributed by atoms with E-state index in [1.165, 1.54) is 0 Å². The first kappa shape index (κ1) is 18.8. The quantitative estimate of drug-likeness (QED) is 0.806. The van der Waals surface area contributed by atoms with Crippen LogP contribution in [-0.4, -0.2) is 30.7 Å². The van der Waals surface area contributed by atoms with E-state index in [9.17, 15) is 9.90 Å². The molecule has 0 spiro atoms. The van der Waals surface area contributed by atoms with Crippen LogP contribution in [0.3, 0.4) is 0 Å². The van der Waals surface area contributed by atoms with Crippen LogP contribution in [-0.2, 0) is 6.61 Å². The van der Waals surface area contributed by atoms with E-state index in [2.05, 4.69) is 31.0 Å². The molecule has 5 heteroatoms. The maximum Gasteiger partial charge on any atom is 0.255 e. The summed E-state index contributed by atoms with van der Waals surface area (Å²) in [5, 5.41) is 12.2. The first-order valence-corrected chi connectivity index (χ1v) is 8.46. The number of hydrogen-bond donors (Lipinski definition) is 2. The lowest BCUT2D eigenvalue weighted by Gasteiger charge is -2.27. The van der Waals surface area contributed by atoms with Gasteiger partial charge in [-0.1, -0.05) is 0 Å². The van der Waals surface area contributed by atoms with Gasteiger partial charge in [0.2, 0.25) is 0 Å². The smallest absolute Gasteiger partial charge is 0.255 e. The summed E-state index contributed by atoms with van der Waals surface area (Å²) in [6.07, 6.45) is 0. The number of aliphatic hydroxyl groups excluding tert-OH is 1. The molecule has 0 bridgehead atoms. The largest absolute Gasteiger partial charge is 0.496 e. The lowest BCUT2D eigenvalue weighted by molar-refractivity contribution is 0.102. The van der Waals surface area contributed by atoms with Crippen molar-refractivity contribution in [3.8, 4) is 5.75 Å². The maximum atomic E-state index is 12.4. The van der Waals surface area contributed by atoms with Crippen LogP contribution in [0.2, 0.25) is 0 Å². The molecule has 0 saturated heterocycles. The van der Waals surface area contributed by atoms with Gasteiger partial charge in [0, 0.05) is 35.1 Å². The van der Waals surface area contributed by atoms with Gasteiger partial charge in [0.15, 0.2) is 0 Å². The molecule has 2 aromatic rings. The molecule has 2 N–H and O–H groups in total. The fourth-order valence-corrected chi connectivity index (χ4v) is 2.83. The fraction of sp³-hybridized carbons (Fsp3) is 0.350. The van der Waals surface area contributed by atoms with Crippen LogP contribution in [0.1, 0.15) is 36.7 Å². The molecular weight excluding hydrogens is 316 g/mol. The Hall–Kier alpha value is -2.53. The summed E-state index contributed by atoms with van der Waals surface area (Å²) < 4.78 is 5.17. The maximum absolute atomic E-state index is 12.4. The van der Waals surface area contributed by atoms with Gasteiger partial charge < -0.3 is 20.1 Å². The second-order valence-electron chi connectivity index (χ2n) is 6.07. The lowest BCUT2D eigenvalue weighted by atomic mass is 10.1. The van der Waals surface area contributed by atoms with Crippen molar-refractivity contribution in [2.75, 3.05) is 23.9 Å². The van der Waals surface area contributed by atoms with Gasteiger partial charge in [-0.2, -0.15) is 0 Å². The van der Waals surface area contributed by atoms with E-state index in [1.807, 2.05) is 24.3 Å². The second-order valence-corrected chi connectivity index (χ2v) is 6.07. The Morgan fingerprint density at radius 3 is 2.40 bits per heavy atom. The summed E-state index contributed by atoms with van der Waals surface area (Å²) in [7, 11) is 1.55. The van der Waals surface area contributed by atoms with E-state index in [1.54, 1.807) is 25.3 Å². The monoisotopic (exact) mass is 342 g/mol. The molecular formula is C20H26N2O3. The van der Waals surface area contributed by atoms with Crippen molar-refractivity contribution < 1.29 is 14.6 Å². The molecule has 134 valence electrons. The minimum atomic E-state index is -0.187. The summed E-state index contributed by atoms with van der Waals surface area (Å²) in [6, 6.07) is 13.2. The molecule has 0 heterocycles. The molecule has 2 aromatic carbocycles. The van der Waals surface area contributed by atoms with Crippen LogP contribution >= 0.6 is 0 Å². The number of hydrogen-bond acceptors (Lipinski definition) is 4. The molecule has 2 rings (SSSR count). The third kappa shape index (κ3) is 4.51. The van der Waals surface area contributed by atoms with Crippen molar-refractivity contribution in [3.63, 3.8) is 0 Å². The normalized spacial score (nSPS) is 10.6. The molecule has 1 amide bonds. The number of rotatable bonds is 7. The Labute approximate surface area is 149 Å². The van der Waals surface area contributed by atoms with E-state index in [4.69, 9.17) is 4.74 Å². The van der Waals surface area contributed by atoms with Crippen molar-refractivity contribution in [2.45, 2.75) is 33.4 Å². The zero-order valence-corrected chi connectivity index (χ0v) is 15.2. The highest BCUT2D eigenvalue weighted by atomic mass is 16.5. The number of methoxy groups -OCH3 is 1. The molecule has 25 heavy (non-hydrogen) atoms. The number of carbonyl (C=O) groups is 1. The molecule has 5 nitrogen and oxygen atoms in total. The van der Waals surface area contributed by atoms with Crippen LogP contribution in [0.25, 0.3) is 0 Å². The van der Waals surface area contributed by atoms with Gasteiger partial charge in [0.05, 0.1) is 13.7 Å². The highest BCUT2D eigenvalue weighted by molar-refractivity contribution is 6.04. The molecule has 0 atom stereocenters. The summed E-state index contributed by atoms with van der Waals surface area (Å²) in [6.45, 7) is 7.17. The summed E-state index contributed by atoms with van der Waals surface area (Å²) in [4.78, 5) is 14.7. The van der Waals surface area contributed by atoms with Crippen molar-refractivity contribution in [1.29, 1.82) is 0 Å². The van der Waals surface area contributed by atoms with Crippen LogP contribution < -0.4 is 15.0 Å². The highest BCUT2D eigenvalue weighted by Crippen LogP contribution is 2.23. The zero-order chi connectivity index (χ0) is 18.4. The van der Waals surface area contributed by atoms with Gasteiger partial charge in [-0.15, -0.1) is 0 Å². The van der Waals surface area contributed by atoms with Gasteiger partial charge in [0.1, 0.15) is 5.75 Å². The third-order valence-corrected chi connectivity index (χ3v) is 4.13. The van der Waals surface area contributed by atoms with E-state index >= 15 is 0 Å². The van der Waals surface area contributed by atoms with Crippen LogP contribution in [0.15, 0.2) is 42.5 Å². The standard InChI is InChI=1S/C20H26N2O3/c1-5-22(14(2)3)18-9-6-15(7-10-18)20(24)21-17-8-11-19(25-4)16(12-17)13-23/h6-12,14,23H,5,13H2,1-4H3,(H,21,24). The molecule has 0 aliphatic rings. The fourth-order valence-electron chi connectivity index (χ4n) is 2.83. The van der Waals surface area contributed by atoms with E-state index < -0.39 is 0 Å². The molecule has 0 unspecified atom stereocenters. The average molecular weight is 342 g/mol. The Bertz CT molecular complexity index is 711. The third-order valence-electron chi connectivity index (χ3n) is 4.13. The van der Waals surface area contributed by atoms with Gasteiger partial charge in [-0.05, 0) is 63.2 Å². The minimum Gasteiger partial charge on any atom is -0.496 e. The van der Waals surface area contributed by atoms with Gasteiger partial charge in [0.25, 0.3) is 5.91 Å². The molecule has 0 aliphatic heterocycles. The number of anilines is 2. The topological polar surface area (TPSA) is 61.8 Å². The predicted molar refractivity (Wildman–Crippen MR) is 101 cm³/mol. The van der Waals surface area contributed by atoms with Crippen molar-refractivity contribution >= 4 is 17.3 Å². The second kappa shape index (κ2) is 8.53. The number of aliphatic hydroxyl groups is 1. The first-order chi connectivity index (χ1) is 12.0.